The molecule has 388 valence electrons. The lowest BCUT2D eigenvalue weighted by Gasteiger charge is -2.18. The highest BCUT2D eigenvalue weighted by Gasteiger charge is 2.19. The van der Waals surface area contributed by atoms with Gasteiger partial charge in [0.2, 0.25) is 0 Å². The zero-order chi connectivity index (χ0) is 47.9. The van der Waals surface area contributed by atoms with Crippen LogP contribution in [0.1, 0.15) is 323 Å². The number of carbonyl (C=O) groups excluding carboxylic acids is 3. The zero-order valence-corrected chi connectivity index (χ0v) is 44.5. The third-order valence-electron chi connectivity index (χ3n) is 13.2. The van der Waals surface area contributed by atoms with Gasteiger partial charge in [0.1, 0.15) is 13.2 Å². The first kappa shape index (κ1) is 63.9. The second-order valence-electron chi connectivity index (χ2n) is 19.9. The van der Waals surface area contributed by atoms with Crippen molar-refractivity contribution in [2.75, 3.05) is 13.2 Å². The van der Waals surface area contributed by atoms with Gasteiger partial charge in [-0.25, -0.2) is 0 Å². The molecule has 0 amide bonds. The molecule has 0 bridgehead atoms. The molecule has 1 unspecified atom stereocenters. The van der Waals surface area contributed by atoms with Gasteiger partial charge in [0.15, 0.2) is 6.10 Å². The Bertz CT molecular complexity index is 1070. The van der Waals surface area contributed by atoms with Gasteiger partial charge in [0, 0.05) is 19.3 Å². The van der Waals surface area contributed by atoms with Gasteiger partial charge in [-0.3, -0.25) is 14.4 Å². The van der Waals surface area contributed by atoms with Crippen molar-refractivity contribution in [2.24, 2.45) is 0 Å². The largest absolute Gasteiger partial charge is 0.462 e. The first-order chi connectivity index (χ1) is 32.5. The van der Waals surface area contributed by atoms with Crippen molar-refractivity contribution < 1.29 is 28.6 Å². The third kappa shape index (κ3) is 52.9. The Kier molecular flexibility index (Phi) is 53.7. The van der Waals surface area contributed by atoms with Gasteiger partial charge >= 0.3 is 17.9 Å². The van der Waals surface area contributed by atoms with E-state index in [1.807, 2.05) is 0 Å². The maximum absolute atomic E-state index is 12.8. The minimum atomic E-state index is -0.764. The summed E-state index contributed by atoms with van der Waals surface area (Å²) in [5, 5.41) is 0. The predicted octanol–water partition coefficient (Wildman–Crippen LogP) is 19.5. The Balaban J connectivity index is 4.06. The second-order valence-corrected chi connectivity index (χ2v) is 19.9. The number of ether oxygens (including phenoxy) is 3. The summed E-state index contributed by atoms with van der Waals surface area (Å²) in [6, 6.07) is 0. The maximum atomic E-state index is 12.8. The molecule has 0 heterocycles. The number of hydrogen-bond donors (Lipinski definition) is 0. The van der Waals surface area contributed by atoms with Crippen molar-refractivity contribution in [1.82, 2.24) is 0 Å². The Hall–Kier alpha value is -2.11. The molecular formula is C60H112O6. The molecule has 66 heavy (non-hydrogen) atoms. The van der Waals surface area contributed by atoms with E-state index < -0.39 is 6.10 Å². The molecular weight excluding hydrogens is 817 g/mol. The smallest absolute Gasteiger partial charge is 0.306 e. The first-order valence-electron chi connectivity index (χ1n) is 29.3. The summed E-state index contributed by atoms with van der Waals surface area (Å²) in [6.45, 7) is 6.62. The fourth-order valence-electron chi connectivity index (χ4n) is 8.77. The fourth-order valence-corrected chi connectivity index (χ4v) is 8.77. The number of hydrogen-bond acceptors (Lipinski definition) is 6. The molecule has 0 radical (unpaired) electrons. The fraction of sp³-hybridized carbons (Fsp3) is 0.883. The summed E-state index contributed by atoms with van der Waals surface area (Å²) in [6.07, 6.45) is 64.9. The number of unbranched alkanes of at least 4 members (excludes halogenated alkanes) is 39. The van der Waals surface area contributed by atoms with Gasteiger partial charge in [0.05, 0.1) is 0 Å². The van der Waals surface area contributed by atoms with E-state index in [1.165, 1.54) is 218 Å². The van der Waals surface area contributed by atoms with Gasteiger partial charge in [-0.1, -0.05) is 276 Å². The first-order valence-corrected chi connectivity index (χ1v) is 29.3. The summed E-state index contributed by atoms with van der Waals surface area (Å²) < 4.78 is 16.8. The standard InChI is InChI=1S/C60H112O6/c1-4-7-10-13-16-18-20-22-24-26-27-28-29-30-31-32-33-35-36-38-40-42-44-47-50-53-59(62)65-56-57(55-64-58(61)52-49-46-15-12-9-6-3)66-60(63)54-51-48-45-43-41-39-37-34-25-23-21-19-17-14-11-8-5-2/h20,22,26-27,57H,4-19,21,23-25,28-56H2,1-3H3/b22-20-,27-26-. The average molecular weight is 930 g/mol. The molecule has 0 aromatic carbocycles. The molecule has 0 saturated carbocycles. The Labute approximate surface area is 411 Å². The van der Waals surface area contributed by atoms with Gasteiger partial charge in [-0.15, -0.1) is 0 Å². The highest BCUT2D eigenvalue weighted by Crippen LogP contribution is 2.17. The lowest BCUT2D eigenvalue weighted by Crippen LogP contribution is -2.30. The maximum Gasteiger partial charge on any atom is 0.306 e. The number of rotatable bonds is 54. The lowest BCUT2D eigenvalue weighted by atomic mass is 10.0. The molecule has 0 aromatic rings. The van der Waals surface area contributed by atoms with Crippen LogP contribution in [0.3, 0.4) is 0 Å². The van der Waals surface area contributed by atoms with Crippen LogP contribution in [0.4, 0.5) is 0 Å². The van der Waals surface area contributed by atoms with E-state index in [0.717, 1.165) is 64.2 Å². The van der Waals surface area contributed by atoms with Gasteiger partial charge in [-0.2, -0.15) is 0 Å². The molecule has 6 nitrogen and oxygen atoms in total. The molecule has 0 spiro atoms. The van der Waals surface area contributed by atoms with Crippen LogP contribution in [0.5, 0.6) is 0 Å². The molecule has 0 aliphatic carbocycles. The molecule has 0 saturated heterocycles. The molecule has 0 fully saturated rings. The summed E-state index contributed by atoms with van der Waals surface area (Å²) in [5.41, 5.74) is 0. The van der Waals surface area contributed by atoms with E-state index in [-0.39, 0.29) is 31.1 Å². The quantitative estimate of drug-likeness (QED) is 0.0262. The Morgan fingerprint density at radius 2 is 0.545 bits per heavy atom. The van der Waals surface area contributed by atoms with Crippen LogP contribution in [-0.2, 0) is 28.6 Å². The van der Waals surface area contributed by atoms with Crippen molar-refractivity contribution >= 4 is 17.9 Å². The molecule has 0 rings (SSSR count). The molecule has 1 atom stereocenters. The SMILES string of the molecule is CCCCCCC/C=C\C/C=C\CCCCCCCCCCCCCCCC(=O)OCC(COC(=O)CCCCCCCC)OC(=O)CCCCCCCCCCCCCCCCCCC. The molecule has 0 aromatic heterocycles. The lowest BCUT2D eigenvalue weighted by molar-refractivity contribution is -0.167. The second kappa shape index (κ2) is 55.5. The predicted molar refractivity (Wildman–Crippen MR) is 284 cm³/mol. The molecule has 0 aliphatic rings. The number of esters is 3. The molecule has 6 heteroatoms. The van der Waals surface area contributed by atoms with Crippen LogP contribution >= 0.6 is 0 Å². The molecule has 0 N–H and O–H groups in total. The van der Waals surface area contributed by atoms with E-state index in [4.69, 9.17) is 14.2 Å². The van der Waals surface area contributed by atoms with Crippen molar-refractivity contribution in [3.8, 4) is 0 Å². The van der Waals surface area contributed by atoms with Crippen LogP contribution in [0, 0.1) is 0 Å². The van der Waals surface area contributed by atoms with Crippen LogP contribution in [0.2, 0.25) is 0 Å². The van der Waals surface area contributed by atoms with Crippen LogP contribution in [0.15, 0.2) is 24.3 Å². The van der Waals surface area contributed by atoms with E-state index in [0.29, 0.717) is 19.3 Å². The summed E-state index contributed by atoms with van der Waals surface area (Å²) in [5.74, 6) is -0.857. The van der Waals surface area contributed by atoms with Crippen LogP contribution < -0.4 is 0 Å². The highest BCUT2D eigenvalue weighted by molar-refractivity contribution is 5.71. The highest BCUT2D eigenvalue weighted by atomic mass is 16.6. The minimum Gasteiger partial charge on any atom is -0.462 e. The van der Waals surface area contributed by atoms with Crippen molar-refractivity contribution in [3.63, 3.8) is 0 Å². The summed E-state index contributed by atoms with van der Waals surface area (Å²) in [7, 11) is 0. The summed E-state index contributed by atoms with van der Waals surface area (Å²) in [4.78, 5) is 37.9. The van der Waals surface area contributed by atoms with E-state index >= 15 is 0 Å². The number of allylic oxidation sites excluding steroid dienone is 4. The van der Waals surface area contributed by atoms with Gasteiger partial charge in [-0.05, 0) is 51.4 Å². The zero-order valence-electron chi connectivity index (χ0n) is 44.5. The average Bonchev–Trinajstić information content (AvgIpc) is 3.31. The monoisotopic (exact) mass is 929 g/mol. The topological polar surface area (TPSA) is 78.9 Å². The van der Waals surface area contributed by atoms with Crippen molar-refractivity contribution in [1.29, 1.82) is 0 Å². The Morgan fingerprint density at radius 3 is 0.833 bits per heavy atom. The van der Waals surface area contributed by atoms with E-state index in [1.54, 1.807) is 0 Å². The summed E-state index contributed by atoms with van der Waals surface area (Å²) >= 11 is 0. The Morgan fingerprint density at radius 1 is 0.303 bits per heavy atom. The normalized spacial score (nSPS) is 12.1. The third-order valence-corrected chi connectivity index (χ3v) is 13.2. The van der Waals surface area contributed by atoms with E-state index in [2.05, 4.69) is 45.1 Å². The minimum absolute atomic E-state index is 0.0668. The van der Waals surface area contributed by atoms with Crippen molar-refractivity contribution in [3.05, 3.63) is 24.3 Å². The van der Waals surface area contributed by atoms with Crippen molar-refractivity contribution in [2.45, 2.75) is 329 Å². The van der Waals surface area contributed by atoms with Crippen LogP contribution in [-0.4, -0.2) is 37.2 Å². The number of carbonyl (C=O) groups is 3. The van der Waals surface area contributed by atoms with Gasteiger partial charge in [0.25, 0.3) is 0 Å². The molecule has 0 aliphatic heterocycles. The van der Waals surface area contributed by atoms with E-state index in [9.17, 15) is 14.4 Å². The van der Waals surface area contributed by atoms with Gasteiger partial charge < -0.3 is 14.2 Å². The van der Waals surface area contributed by atoms with Crippen LogP contribution in [0.25, 0.3) is 0 Å².